The molecule has 0 radical (unpaired) electrons. The van der Waals surface area contributed by atoms with Crippen LogP contribution in [0.4, 0.5) is 5.69 Å². The fourth-order valence-electron chi connectivity index (χ4n) is 1.55. The lowest BCUT2D eigenvalue weighted by molar-refractivity contribution is 0.316. The van der Waals surface area contributed by atoms with Crippen molar-refractivity contribution < 1.29 is 9.94 Å². The molecule has 1 aromatic carbocycles. The van der Waals surface area contributed by atoms with E-state index in [1.165, 1.54) is 0 Å². The molecule has 0 aliphatic carbocycles. The molecule has 0 amide bonds. The molecule has 1 unspecified atom stereocenters. The number of benzene rings is 1. The van der Waals surface area contributed by atoms with Gasteiger partial charge in [-0.05, 0) is 34.5 Å². The molecule has 0 spiro atoms. The van der Waals surface area contributed by atoms with Gasteiger partial charge in [-0.2, -0.15) is 0 Å². The Labute approximate surface area is 115 Å². The zero-order valence-corrected chi connectivity index (χ0v) is 12.1. The number of ether oxygens (including phenoxy) is 1. The first-order chi connectivity index (χ1) is 8.60. The van der Waals surface area contributed by atoms with Crippen LogP contribution >= 0.6 is 15.9 Å². The number of nitrogens with one attached hydrogen (secondary N) is 1. The number of anilines is 1. The van der Waals surface area contributed by atoms with Crippen LogP contribution in [0.1, 0.15) is 19.8 Å². The third-order valence-corrected chi connectivity index (χ3v) is 3.30. The van der Waals surface area contributed by atoms with Gasteiger partial charge in [0, 0.05) is 23.0 Å². The lowest BCUT2D eigenvalue weighted by Crippen LogP contribution is -2.26. The number of halogens is 1. The van der Waals surface area contributed by atoms with Crippen LogP contribution in [0.15, 0.2) is 27.8 Å². The Morgan fingerprint density at radius 3 is 2.89 bits per heavy atom. The quantitative estimate of drug-likeness (QED) is 0.326. The molecular weight excluding hydrogens is 298 g/mol. The van der Waals surface area contributed by atoms with Crippen molar-refractivity contribution in [3.63, 3.8) is 0 Å². The number of nitrogens with zero attached hydrogens (tertiary/aromatic N) is 1. The molecule has 1 rings (SSSR count). The van der Waals surface area contributed by atoms with Gasteiger partial charge < -0.3 is 21.0 Å². The molecule has 1 atom stereocenters. The third kappa shape index (κ3) is 4.10. The first-order valence-electron chi connectivity index (χ1n) is 5.67. The van der Waals surface area contributed by atoms with Gasteiger partial charge in [0.05, 0.1) is 12.8 Å². The number of amidine groups is 1. The highest BCUT2D eigenvalue weighted by molar-refractivity contribution is 9.10. The lowest BCUT2D eigenvalue weighted by atomic mass is 10.1. The van der Waals surface area contributed by atoms with Crippen LogP contribution in [-0.4, -0.2) is 24.2 Å². The van der Waals surface area contributed by atoms with Gasteiger partial charge in [-0.25, -0.2) is 0 Å². The first kappa shape index (κ1) is 14.6. The van der Waals surface area contributed by atoms with Gasteiger partial charge >= 0.3 is 0 Å². The first-order valence-corrected chi connectivity index (χ1v) is 6.46. The van der Waals surface area contributed by atoms with Crippen molar-refractivity contribution in [1.82, 2.24) is 0 Å². The molecule has 0 saturated heterocycles. The van der Waals surface area contributed by atoms with Gasteiger partial charge in [0.25, 0.3) is 0 Å². The minimum atomic E-state index is 0.101. The smallest absolute Gasteiger partial charge is 0.141 e. The van der Waals surface area contributed by atoms with Gasteiger partial charge in [-0.3, -0.25) is 0 Å². The Kier molecular flexibility index (Phi) is 5.77. The Morgan fingerprint density at radius 1 is 1.61 bits per heavy atom. The van der Waals surface area contributed by atoms with E-state index in [1.54, 1.807) is 7.11 Å². The summed E-state index contributed by atoms with van der Waals surface area (Å²) in [6, 6.07) is 5.79. The minimum Gasteiger partial charge on any atom is -0.497 e. The zero-order valence-electron chi connectivity index (χ0n) is 10.5. The summed E-state index contributed by atoms with van der Waals surface area (Å²) in [6.45, 7) is 2.04. The average Bonchev–Trinajstić information content (AvgIpc) is 2.39. The summed E-state index contributed by atoms with van der Waals surface area (Å²) in [5, 5.41) is 14.9. The van der Waals surface area contributed by atoms with Crippen molar-refractivity contribution in [3.05, 3.63) is 22.7 Å². The molecule has 0 saturated carbocycles. The third-order valence-electron chi connectivity index (χ3n) is 2.61. The summed E-state index contributed by atoms with van der Waals surface area (Å²) >= 11 is 3.47. The SMILES string of the molecule is CCC(CC(N)=NO)Nc1cc(OC)ccc1Br. The second kappa shape index (κ2) is 7.10. The van der Waals surface area contributed by atoms with Gasteiger partial charge in [0.1, 0.15) is 11.6 Å². The molecule has 100 valence electrons. The maximum atomic E-state index is 8.59. The number of methoxy groups -OCH3 is 1. The highest BCUT2D eigenvalue weighted by Gasteiger charge is 2.11. The van der Waals surface area contributed by atoms with E-state index in [0.717, 1.165) is 22.3 Å². The zero-order chi connectivity index (χ0) is 13.5. The predicted octanol–water partition coefficient (Wildman–Crippen LogP) is 2.78. The minimum absolute atomic E-state index is 0.101. The van der Waals surface area contributed by atoms with Gasteiger partial charge in [-0.1, -0.05) is 12.1 Å². The van der Waals surface area contributed by atoms with E-state index in [2.05, 4.69) is 26.4 Å². The van der Waals surface area contributed by atoms with Crippen LogP contribution in [0.2, 0.25) is 0 Å². The number of rotatable bonds is 6. The Morgan fingerprint density at radius 2 is 2.33 bits per heavy atom. The Hall–Kier alpha value is -1.43. The van der Waals surface area contributed by atoms with Crippen LogP contribution in [0, 0.1) is 0 Å². The van der Waals surface area contributed by atoms with Crippen LogP contribution < -0.4 is 15.8 Å². The molecular formula is C12H18BrN3O2. The second-order valence-corrected chi connectivity index (χ2v) is 4.75. The summed E-state index contributed by atoms with van der Waals surface area (Å²) in [4.78, 5) is 0. The summed E-state index contributed by atoms with van der Waals surface area (Å²) in [6.07, 6.45) is 1.34. The summed E-state index contributed by atoms with van der Waals surface area (Å²) in [7, 11) is 1.63. The lowest BCUT2D eigenvalue weighted by Gasteiger charge is -2.19. The van der Waals surface area contributed by atoms with Crippen LogP contribution in [-0.2, 0) is 0 Å². The number of hydrogen-bond donors (Lipinski definition) is 3. The van der Waals surface area contributed by atoms with Crippen molar-refractivity contribution in [2.24, 2.45) is 10.9 Å². The molecule has 4 N–H and O–H groups in total. The molecule has 6 heteroatoms. The molecule has 0 aromatic heterocycles. The number of hydrogen-bond acceptors (Lipinski definition) is 4. The van der Waals surface area contributed by atoms with E-state index in [-0.39, 0.29) is 11.9 Å². The average molecular weight is 316 g/mol. The van der Waals surface area contributed by atoms with Gasteiger partial charge in [-0.15, -0.1) is 0 Å². The maximum Gasteiger partial charge on any atom is 0.141 e. The second-order valence-electron chi connectivity index (χ2n) is 3.89. The van der Waals surface area contributed by atoms with Crippen molar-refractivity contribution >= 4 is 27.5 Å². The van der Waals surface area contributed by atoms with E-state index < -0.39 is 0 Å². The summed E-state index contributed by atoms with van der Waals surface area (Å²) in [5.74, 6) is 0.993. The predicted molar refractivity (Wildman–Crippen MR) is 76.4 cm³/mol. The van der Waals surface area contributed by atoms with Crippen molar-refractivity contribution in [2.75, 3.05) is 12.4 Å². The Bertz CT molecular complexity index is 424. The van der Waals surface area contributed by atoms with E-state index in [4.69, 9.17) is 15.7 Å². The summed E-state index contributed by atoms with van der Waals surface area (Å²) < 4.78 is 6.12. The standard InChI is InChI=1S/C12H18BrN3O2/c1-3-8(6-12(14)16-17)15-11-7-9(18-2)4-5-10(11)13/h4-5,7-8,15,17H,3,6H2,1-2H3,(H2,14,16). The summed E-state index contributed by atoms with van der Waals surface area (Å²) in [5.41, 5.74) is 6.44. The largest absolute Gasteiger partial charge is 0.497 e. The molecule has 18 heavy (non-hydrogen) atoms. The fourth-order valence-corrected chi connectivity index (χ4v) is 1.91. The molecule has 0 aliphatic heterocycles. The Balaban J connectivity index is 2.80. The molecule has 0 bridgehead atoms. The topological polar surface area (TPSA) is 79.9 Å². The van der Waals surface area contributed by atoms with Gasteiger partial charge in [0.15, 0.2) is 0 Å². The number of oxime groups is 1. The normalized spacial score (nSPS) is 13.2. The molecule has 1 aromatic rings. The van der Waals surface area contributed by atoms with E-state index in [1.807, 2.05) is 25.1 Å². The maximum absolute atomic E-state index is 8.59. The highest BCUT2D eigenvalue weighted by atomic mass is 79.9. The van der Waals surface area contributed by atoms with Crippen LogP contribution in [0.25, 0.3) is 0 Å². The highest BCUT2D eigenvalue weighted by Crippen LogP contribution is 2.28. The van der Waals surface area contributed by atoms with Gasteiger partial charge in [0.2, 0.25) is 0 Å². The van der Waals surface area contributed by atoms with Crippen LogP contribution in [0.3, 0.4) is 0 Å². The number of nitrogens with two attached hydrogens (primary N) is 1. The van der Waals surface area contributed by atoms with Crippen molar-refractivity contribution in [2.45, 2.75) is 25.8 Å². The van der Waals surface area contributed by atoms with E-state index in [0.29, 0.717) is 6.42 Å². The van der Waals surface area contributed by atoms with E-state index in [9.17, 15) is 0 Å². The van der Waals surface area contributed by atoms with Crippen molar-refractivity contribution in [1.29, 1.82) is 0 Å². The molecule has 0 fully saturated rings. The van der Waals surface area contributed by atoms with Crippen LogP contribution in [0.5, 0.6) is 5.75 Å². The molecule has 5 nitrogen and oxygen atoms in total. The fraction of sp³-hybridized carbons (Fsp3) is 0.417. The molecule has 0 heterocycles. The monoisotopic (exact) mass is 315 g/mol. The van der Waals surface area contributed by atoms with E-state index >= 15 is 0 Å². The van der Waals surface area contributed by atoms with Crippen molar-refractivity contribution in [3.8, 4) is 5.75 Å². The molecule has 0 aliphatic rings.